The van der Waals surface area contributed by atoms with Gasteiger partial charge in [-0.2, -0.15) is 9.97 Å². The molecule has 0 saturated carbocycles. The molecule has 1 aliphatic heterocycles. The lowest BCUT2D eigenvalue weighted by atomic mass is 10.1. The Bertz CT molecular complexity index is 938. The van der Waals surface area contributed by atoms with E-state index in [1.807, 2.05) is 32.3 Å². The molecule has 4 rings (SSSR count). The second kappa shape index (κ2) is 6.72. The molecular formula is C18H21N7O. The molecule has 1 aliphatic rings. The first-order valence-corrected chi connectivity index (χ1v) is 8.53. The number of ether oxygens (including phenoxy) is 1. The number of nitrogens with two attached hydrogens (primary N) is 1. The number of nitrogen functional groups attached to an aromatic ring is 1. The minimum absolute atomic E-state index is 0.203. The van der Waals surface area contributed by atoms with Gasteiger partial charge < -0.3 is 20.3 Å². The summed E-state index contributed by atoms with van der Waals surface area (Å²) in [6, 6.07) is 8.11. The monoisotopic (exact) mass is 351 g/mol. The van der Waals surface area contributed by atoms with Crippen LogP contribution in [-0.2, 0) is 4.74 Å². The Morgan fingerprint density at radius 1 is 1.08 bits per heavy atom. The Balaban J connectivity index is 1.88. The number of rotatable bonds is 3. The predicted octanol–water partition coefficient (Wildman–Crippen LogP) is 1.57. The number of para-hydroxylation sites is 1. The molecule has 26 heavy (non-hydrogen) atoms. The van der Waals surface area contributed by atoms with E-state index in [-0.39, 0.29) is 5.95 Å². The SMILES string of the molecule is CN(C)c1ccccc1-c1cnc2nc(N)nc(N3CCOCC3)c2n1. The highest BCUT2D eigenvalue weighted by molar-refractivity contribution is 5.87. The smallest absolute Gasteiger partial charge is 0.224 e. The van der Waals surface area contributed by atoms with Crippen molar-refractivity contribution in [2.24, 2.45) is 0 Å². The van der Waals surface area contributed by atoms with E-state index in [1.54, 1.807) is 6.20 Å². The third kappa shape index (κ3) is 2.99. The number of anilines is 3. The van der Waals surface area contributed by atoms with Crippen LogP contribution in [0.2, 0.25) is 0 Å². The van der Waals surface area contributed by atoms with Crippen molar-refractivity contribution in [3.05, 3.63) is 30.5 Å². The Kier molecular flexibility index (Phi) is 4.26. The van der Waals surface area contributed by atoms with E-state index < -0.39 is 0 Å². The van der Waals surface area contributed by atoms with Crippen molar-refractivity contribution in [3.8, 4) is 11.3 Å². The van der Waals surface area contributed by atoms with Crippen LogP contribution in [-0.4, -0.2) is 60.3 Å². The third-order valence-corrected chi connectivity index (χ3v) is 4.38. The van der Waals surface area contributed by atoms with E-state index in [0.717, 1.165) is 30.0 Å². The summed E-state index contributed by atoms with van der Waals surface area (Å²) >= 11 is 0. The maximum Gasteiger partial charge on any atom is 0.224 e. The molecule has 0 spiro atoms. The van der Waals surface area contributed by atoms with E-state index >= 15 is 0 Å². The molecule has 134 valence electrons. The van der Waals surface area contributed by atoms with E-state index in [0.29, 0.717) is 30.2 Å². The van der Waals surface area contributed by atoms with Gasteiger partial charge in [0, 0.05) is 38.4 Å². The topological polar surface area (TPSA) is 93.3 Å². The Labute approximate surface area is 151 Å². The molecule has 8 nitrogen and oxygen atoms in total. The number of morpholine rings is 1. The van der Waals surface area contributed by atoms with E-state index in [4.69, 9.17) is 15.5 Å². The van der Waals surface area contributed by atoms with Gasteiger partial charge in [0.25, 0.3) is 0 Å². The fraction of sp³-hybridized carbons (Fsp3) is 0.333. The molecule has 1 aromatic carbocycles. The van der Waals surface area contributed by atoms with E-state index in [9.17, 15) is 0 Å². The molecule has 0 bridgehead atoms. The first-order valence-electron chi connectivity index (χ1n) is 8.53. The molecule has 0 unspecified atom stereocenters. The van der Waals surface area contributed by atoms with Crippen molar-refractivity contribution >= 4 is 28.6 Å². The minimum Gasteiger partial charge on any atom is -0.378 e. The molecule has 0 amide bonds. The number of hydrogen-bond donors (Lipinski definition) is 1. The number of hydrogen-bond acceptors (Lipinski definition) is 8. The number of fused-ring (bicyclic) bond motifs is 1. The van der Waals surface area contributed by atoms with Gasteiger partial charge in [0.05, 0.1) is 25.1 Å². The lowest BCUT2D eigenvalue weighted by Gasteiger charge is -2.28. The molecule has 0 radical (unpaired) electrons. The second-order valence-corrected chi connectivity index (χ2v) is 6.34. The zero-order chi connectivity index (χ0) is 18.1. The maximum absolute atomic E-state index is 5.89. The molecule has 8 heteroatoms. The van der Waals surface area contributed by atoms with Crippen molar-refractivity contribution in [3.63, 3.8) is 0 Å². The highest BCUT2D eigenvalue weighted by Gasteiger charge is 2.19. The van der Waals surface area contributed by atoms with Gasteiger partial charge in [-0.1, -0.05) is 18.2 Å². The quantitative estimate of drug-likeness (QED) is 0.760. The zero-order valence-corrected chi connectivity index (χ0v) is 14.9. The lowest BCUT2D eigenvalue weighted by molar-refractivity contribution is 0.122. The lowest BCUT2D eigenvalue weighted by Crippen LogP contribution is -2.37. The van der Waals surface area contributed by atoms with Crippen LogP contribution in [0.3, 0.4) is 0 Å². The van der Waals surface area contributed by atoms with Gasteiger partial charge >= 0.3 is 0 Å². The molecular weight excluding hydrogens is 330 g/mol. The van der Waals surface area contributed by atoms with Crippen LogP contribution in [0, 0.1) is 0 Å². The largest absolute Gasteiger partial charge is 0.378 e. The molecule has 0 aliphatic carbocycles. The number of nitrogens with zero attached hydrogens (tertiary/aromatic N) is 6. The summed E-state index contributed by atoms with van der Waals surface area (Å²) in [5.41, 5.74) is 9.92. The van der Waals surface area contributed by atoms with Gasteiger partial charge in [-0.25, -0.2) is 9.97 Å². The summed E-state index contributed by atoms with van der Waals surface area (Å²) in [5.74, 6) is 0.919. The maximum atomic E-state index is 5.89. The van der Waals surface area contributed by atoms with Crippen LogP contribution in [0.25, 0.3) is 22.4 Å². The van der Waals surface area contributed by atoms with Crippen LogP contribution in [0.5, 0.6) is 0 Å². The van der Waals surface area contributed by atoms with Crippen LogP contribution in [0.4, 0.5) is 17.5 Å². The Morgan fingerprint density at radius 3 is 2.62 bits per heavy atom. The highest BCUT2D eigenvalue weighted by Crippen LogP contribution is 2.30. The van der Waals surface area contributed by atoms with Crippen molar-refractivity contribution in [2.75, 3.05) is 55.9 Å². The Hall–Kier alpha value is -3.00. The molecule has 2 aromatic heterocycles. The second-order valence-electron chi connectivity index (χ2n) is 6.34. The average molecular weight is 351 g/mol. The minimum atomic E-state index is 0.203. The summed E-state index contributed by atoms with van der Waals surface area (Å²) in [4.78, 5) is 22.2. The summed E-state index contributed by atoms with van der Waals surface area (Å²) in [6.07, 6.45) is 1.74. The molecule has 1 saturated heterocycles. The molecule has 1 fully saturated rings. The Morgan fingerprint density at radius 2 is 1.85 bits per heavy atom. The van der Waals surface area contributed by atoms with Crippen molar-refractivity contribution in [2.45, 2.75) is 0 Å². The summed E-state index contributed by atoms with van der Waals surface area (Å²) in [5, 5.41) is 0. The first kappa shape index (κ1) is 16.5. The first-order chi connectivity index (χ1) is 12.6. The standard InChI is InChI=1S/C18H21N7O/c1-24(2)14-6-4-3-5-12(14)13-11-20-16-15(21-13)17(23-18(19)22-16)25-7-9-26-10-8-25/h3-6,11H,7-10H2,1-2H3,(H2,19,20,22,23). The fourth-order valence-corrected chi connectivity index (χ4v) is 3.12. The van der Waals surface area contributed by atoms with Gasteiger partial charge in [0.2, 0.25) is 5.95 Å². The van der Waals surface area contributed by atoms with Crippen molar-refractivity contribution in [1.82, 2.24) is 19.9 Å². The van der Waals surface area contributed by atoms with Crippen molar-refractivity contribution < 1.29 is 4.74 Å². The summed E-state index contributed by atoms with van der Waals surface area (Å²) in [6.45, 7) is 2.79. The van der Waals surface area contributed by atoms with Gasteiger partial charge in [-0.15, -0.1) is 0 Å². The van der Waals surface area contributed by atoms with Crippen LogP contribution in [0.15, 0.2) is 30.5 Å². The van der Waals surface area contributed by atoms with E-state index in [2.05, 4.69) is 30.8 Å². The average Bonchev–Trinajstić information content (AvgIpc) is 2.67. The van der Waals surface area contributed by atoms with Gasteiger partial charge in [0.1, 0.15) is 0 Å². The normalized spacial score (nSPS) is 14.6. The molecule has 3 aromatic rings. The highest BCUT2D eigenvalue weighted by atomic mass is 16.5. The van der Waals surface area contributed by atoms with Crippen LogP contribution < -0.4 is 15.5 Å². The molecule has 3 heterocycles. The van der Waals surface area contributed by atoms with Crippen LogP contribution in [0.1, 0.15) is 0 Å². The third-order valence-electron chi connectivity index (χ3n) is 4.38. The fourth-order valence-electron chi connectivity index (χ4n) is 3.12. The number of benzene rings is 1. The molecule has 2 N–H and O–H groups in total. The van der Waals surface area contributed by atoms with Crippen LogP contribution >= 0.6 is 0 Å². The zero-order valence-electron chi connectivity index (χ0n) is 14.9. The molecule has 0 atom stereocenters. The van der Waals surface area contributed by atoms with Gasteiger partial charge in [0.15, 0.2) is 17.0 Å². The van der Waals surface area contributed by atoms with Gasteiger partial charge in [-0.3, -0.25) is 0 Å². The summed E-state index contributed by atoms with van der Waals surface area (Å²) in [7, 11) is 4.02. The van der Waals surface area contributed by atoms with Crippen molar-refractivity contribution in [1.29, 1.82) is 0 Å². The number of aromatic nitrogens is 4. The summed E-state index contributed by atoms with van der Waals surface area (Å²) < 4.78 is 5.44. The predicted molar refractivity (Wildman–Crippen MR) is 102 cm³/mol. The van der Waals surface area contributed by atoms with Gasteiger partial charge in [-0.05, 0) is 6.07 Å². The van der Waals surface area contributed by atoms with E-state index in [1.165, 1.54) is 0 Å².